The minimum absolute atomic E-state index is 0. The van der Waals surface area contributed by atoms with Crippen molar-refractivity contribution in [2.24, 2.45) is 4.99 Å². The molecule has 0 aliphatic carbocycles. The van der Waals surface area contributed by atoms with E-state index >= 15 is 0 Å². The quantitative estimate of drug-likeness (QED) is 0.316. The van der Waals surface area contributed by atoms with Crippen molar-refractivity contribution in [2.45, 2.75) is 52.7 Å². The van der Waals surface area contributed by atoms with Crippen LogP contribution in [0.4, 0.5) is 0 Å². The Morgan fingerprint density at radius 2 is 1.84 bits per heavy atom. The Labute approximate surface area is 202 Å². The van der Waals surface area contributed by atoms with Crippen molar-refractivity contribution in [2.75, 3.05) is 32.8 Å². The lowest BCUT2D eigenvalue weighted by molar-refractivity contribution is 0.0341. The molecule has 1 aliphatic rings. The second-order valence-corrected chi connectivity index (χ2v) is 8.47. The van der Waals surface area contributed by atoms with Crippen LogP contribution in [0.15, 0.2) is 33.8 Å². The first-order valence-corrected chi connectivity index (χ1v) is 10.7. The molecule has 2 N–H and O–H groups in total. The fourth-order valence-electron chi connectivity index (χ4n) is 3.17. The van der Waals surface area contributed by atoms with Crippen LogP contribution in [0.25, 0.3) is 0 Å². The zero-order chi connectivity index (χ0) is 21.4. The third-order valence-corrected chi connectivity index (χ3v) is 4.89. The van der Waals surface area contributed by atoms with E-state index in [4.69, 9.17) is 14.3 Å². The largest absolute Gasteiger partial charge is 0.379 e. The van der Waals surface area contributed by atoms with Gasteiger partial charge in [0, 0.05) is 31.6 Å². The van der Waals surface area contributed by atoms with Crippen molar-refractivity contribution in [3.8, 4) is 0 Å². The molecule has 0 bridgehead atoms. The number of nitrogens with one attached hydrogen (secondary N) is 2. The summed E-state index contributed by atoms with van der Waals surface area (Å²) in [5, 5.41) is 10.7. The summed E-state index contributed by atoms with van der Waals surface area (Å²) in [5.41, 5.74) is 2.39. The number of ether oxygens (including phenoxy) is 1. The van der Waals surface area contributed by atoms with Crippen LogP contribution in [0.1, 0.15) is 50.5 Å². The van der Waals surface area contributed by atoms with Gasteiger partial charge < -0.3 is 19.9 Å². The van der Waals surface area contributed by atoms with E-state index in [0.717, 1.165) is 45.4 Å². The lowest BCUT2D eigenvalue weighted by atomic mass is 9.97. The topological polar surface area (TPSA) is 87.8 Å². The molecule has 2 aromatic rings. The second-order valence-electron chi connectivity index (χ2n) is 8.47. The number of halogens is 1. The number of benzene rings is 1. The van der Waals surface area contributed by atoms with E-state index in [2.05, 4.69) is 77.6 Å². The average Bonchev–Trinajstić information content (AvgIpc) is 3.21. The molecule has 0 saturated carbocycles. The molecule has 2 heterocycles. The van der Waals surface area contributed by atoms with E-state index in [1.165, 1.54) is 11.1 Å². The lowest BCUT2D eigenvalue weighted by Crippen LogP contribution is -2.37. The van der Waals surface area contributed by atoms with Crippen LogP contribution in [0, 0.1) is 0 Å². The minimum Gasteiger partial charge on any atom is -0.379 e. The van der Waals surface area contributed by atoms with Crippen molar-refractivity contribution < 1.29 is 9.26 Å². The van der Waals surface area contributed by atoms with Gasteiger partial charge in [-0.3, -0.25) is 4.90 Å². The van der Waals surface area contributed by atoms with Crippen molar-refractivity contribution in [1.29, 1.82) is 0 Å². The molecule has 9 heteroatoms. The molecule has 0 atom stereocenters. The maximum Gasteiger partial charge on any atom is 0.232 e. The Morgan fingerprint density at radius 1 is 1.13 bits per heavy atom. The average molecular weight is 542 g/mol. The highest BCUT2D eigenvalue weighted by atomic mass is 127. The lowest BCUT2D eigenvalue weighted by Gasteiger charge is -2.27. The maximum atomic E-state index is 5.46. The SMILES string of the molecule is CCNC(=NCc1ccccc1CN1CCOCC1)NCc1noc(C(C)(C)C)n1.I. The fraction of sp³-hybridized carbons (Fsp3) is 0.591. The van der Waals surface area contributed by atoms with Gasteiger partial charge in [-0.1, -0.05) is 50.2 Å². The molecule has 1 aromatic heterocycles. The van der Waals surface area contributed by atoms with E-state index in [-0.39, 0.29) is 29.4 Å². The molecule has 1 saturated heterocycles. The summed E-state index contributed by atoms with van der Waals surface area (Å²) in [5.74, 6) is 2.00. The first-order valence-electron chi connectivity index (χ1n) is 10.7. The van der Waals surface area contributed by atoms with Crippen LogP contribution in [0.2, 0.25) is 0 Å². The van der Waals surface area contributed by atoms with Crippen LogP contribution in [0.5, 0.6) is 0 Å². The summed E-state index contributed by atoms with van der Waals surface area (Å²) < 4.78 is 10.8. The number of aliphatic imine (C=N–C) groups is 1. The molecule has 172 valence electrons. The number of guanidine groups is 1. The Balaban J connectivity index is 0.00000341. The van der Waals surface area contributed by atoms with E-state index in [1.807, 2.05) is 0 Å². The van der Waals surface area contributed by atoms with Gasteiger partial charge in [-0.25, -0.2) is 4.99 Å². The Kier molecular flexibility index (Phi) is 10.2. The molecule has 1 fully saturated rings. The summed E-state index contributed by atoms with van der Waals surface area (Å²) >= 11 is 0. The fourth-order valence-corrected chi connectivity index (χ4v) is 3.17. The third kappa shape index (κ3) is 8.04. The Morgan fingerprint density at radius 3 is 2.48 bits per heavy atom. The normalized spacial score (nSPS) is 15.4. The highest BCUT2D eigenvalue weighted by Crippen LogP contribution is 2.19. The Bertz CT molecular complexity index is 827. The maximum absolute atomic E-state index is 5.46. The number of rotatable bonds is 7. The minimum atomic E-state index is -0.159. The van der Waals surface area contributed by atoms with Gasteiger partial charge in [0.2, 0.25) is 5.89 Å². The summed E-state index contributed by atoms with van der Waals surface area (Å²) in [6.07, 6.45) is 0. The van der Waals surface area contributed by atoms with Crippen LogP contribution in [-0.4, -0.2) is 53.8 Å². The summed E-state index contributed by atoms with van der Waals surface area (Å²) in [4.78, 5) is 11.7. The zero-order valence-corrected chi connectivity index (χ0v) is 21.3. The summed E-state index contributed by atoms with van der Waals surface area (Å²) in [6.45, 7) is 14.5. The van der Waals surface area contributed by atoms with Gasteiger partial charge in [0.05, 0.1) is 26.3 Å². The molecule has 8 nitrogen and oxygen atoms in total. The number of nitrogens with zero attached hydrogens (tertiary/aromatic N) is 4. The molecular formula is C22H35IN6O2. The van der Waals surface area contributed by atoms with Gasteiger partial charge in [-0.2, -0.15) is 4.98 Å². The van der Waals surface area contributed by atoms with Gasteiger partial charge in [0.1, 0.15) is 0 Å². The van der Waals surface area contributed by atoms with Crippen molar-refractivity contribution in [3.05, 3.63) is 47.1 Å². The molecular weight excluding hydrogens is 507 g/mol. The molecule has 31 heavy (non-hydrogen) atoms. The number of hydrogen-bond donors (Lipinski definition) is 2. The van der Waals surface area contributed by atoms with Crippen LogP contribution < -0.4 is 10.6 Å². The van der Waals surface area contributed by atoms with Gasteiger partial charge in [-0.05, 0) is 18.1 Å². The van der Waals surface area contributed by atoms with Crippen molar-refractivity contribution in [1.82, 2.24) is 25.7 Å². The van der Waals surface area contributed by atoms with E-state index in [9.17, 15) is 0 Å². The predicted octanol–water partition coefficient (Wildman–Crippen LogP) is 3.07. The predicted molar refractivity (Wildman–Crippen MR) is 133 cm³/mol. The van der Waals surface area contributed by atoms with E-state index < -0.39 is 0 Å². The van der Waals surface area contributed by atoms with Gasteiger partial charge in [-0.15, -0.1) is 24.0 Å². The molecule has 0 unspecified atom stereocenters. The monoisotopic (exact) mass is 542 g/mol. The highest BCUT2D eigenvalue weighted by Gasteiger charge is 2.21. The van der Waals surface area contributed by atoms with Crippen molar-refractivity contribution in [3.63, 3.8) is 0 Å². The molecule has 1 aromatic carbocycles. The molecule has 3 rings (SSSR count). The first kappa shape index (κ1) is 25.5. The highest BCUT2D eigenvalue weighted by molar-refractivity contribution is 14.0. The molecule has 0 spiro atoms. The van der Waals surface area contributed by atoms with E-state index in [0.29, 0.717) is 24.8 Å². The van der Waals surface area contributed by atoms with Gasteiger partial charge >= 0.3 is 0 Å². The number of morpholine rings is 1. The van der Waals surface area contributed by atoms with Crippen LogP contribution in [-0.2, 0) is 29.8 Å². The second kappa shape index (κ2) is 12.4. The smallest absolute Gasteiger partial charge is 0.232 e. The first-order chi connectivity index (χ1) is 14.5. The Hall–Kier alpha value is -1.72. The van der Waals surface area contributed by atoms with Gasteiger partial charge in [0.25, 0.3) is 0 Å². The molecule has 1 aliphatic heterocycles. The summed E-state index contributed by atoms with van der Waals surface area (Å²) in [6, 6.07) is 8.50. The molecule has 0 radical (unpaired) electrons. The van der Waals surface area contributed by atoms with Crippen LogP contribution in [0.3, 0.4) is 0 Å². The zero-order valence-electron chi connectivity index (χ0n) is 19.0. The van der Waals surface area contributed by atoms with E-state index in [1.54, 1.807) is 0 Å². The van der Waals surface area contributed by atoms with Crippen molar-refractivity contribution >= 4 is 29.9 Å². The standard InChI is InChI=1S/C22H34N6O2.HI/c1-5-23-21(25-15-19-26-20(30-27-19)22(2,3)4)24-14-17-8-6-7-9-18(17)16-28-10-12-29-13-11-28;/h6-9H,5,10-16H2,1-4H3,(H2,23,24,25);1H. The number of aromatic nitrogens is 2. The summed E-state index contributed by atoms with van der Waals surface area (Å²) in [7, 11) is 0. The molecule has 0 amide bonds. The van der Waals surface area contributed by atoms with Crippen LogP contribution >= 0.6 is 24.0 Å². The third-order valence-electron chi connectivity index (χ3n) is 4.89. The van der Waals surface area contributed by atoms with Gasteiger partial charge in [0.15, 0.2) is 11.8 Å². The number of hydrogen-bond acceptors (Lipinski definition) is 6.